The quantitative estimate of drug-likeness (QED) is 0.395. The van der Waals surface area contributed by atoms with Gasteiger partial charge in [-0.1, -0.05) is 65.8 Å². The average molecular weight is 386 g/mol. The highest BCUT2D eigenvalue weighted by Gasteiger charge is 2.14. The number of pyridine rings is 1. The number of amidine groups is 1. The molecule has 0 atom stereocenters. The molecule has 0 aliphatic rings. The molecule has 0 bridgehead atoms. The van der Waals surface area contributed by atoms with Gasteiger partial charge in [0.25, 0.3) is 0 Å². The lowest BCUT2D eigenvalue weighted by atomic mass is 9.87. The lowest BCUT2D eigenvalue weighted by molar-refractivity contribution is 0.590. The van der Waals surface area contributed by atoms with Crippen molar-refractivity contribution in [1.29, 1.82) is 0 Å². The molecule has 29 heavy (non-hydrogen) atoms. The van der Waals surface area contributed by atoms with Crippen molar-refractivity contribution >= 4 is 17.2 Å². The van der Waals surface area contributed by atoms with Crippen LogP contribution in [0.3, 0.4) is 0 Å². The summed E-state index contributed by atoms with van der Waals surface area (Å²) in [5, 5.41) is 3.49. The van der Waals surface area contributed by atoms with Crippen molar-refractivity contribution in [3.05, 3.63) is 89.7 Å². The third-order valence-corrected chi connectivity index (χ3v) is 4.94. The molecule has 0 spiro atoms. The van der Waals surface area contributed by atoms with Crippen molar-refractivity contribution in [2.45, 2.75) is 52.4 Å². The first kappa shape index (κ1) is 20.8. The molecule has 0 aliphatic heterocycles. The van der Waals surface area contributed by atoms with Gasteiger partial charge in [0, 0.05) is 23.6 Å². The van der Waals surface area contributed by atoms with E-state index in [-0.39, 0.29) is 10.8 Å². The van der Waals surface area contributed by atoms with E-state index in [1.54, 1.807) is 12.4 Å². The molecule has 0 aliphatic carbocycles. The Morgan fingerprint density at radius 2 is 1.17 bits per heavy atom. The fourth-order valence-corrected chi connectivity index (χ4v) is 3.03. The first-order valence-corrected chi connectivity index (χ1v) is 10.1. The summed E-state index contributed by atoms with van der Waals surface area (Å²) in [4.78, 5) is 9.03. The third kappa shape index (κ3) is 5.54. The number of hydrogen-bond acceptors (Lipinski definition) is 2. The Labute approximate surface area is 174 Å². The average Bonchev–Trinajstić information content (AvgIpc) is 2.68. The zero-order valence-electron chi connectivity index (χ0n) is 18.3. The maximum absolute atomic E-state index is 4.90. The molecule has 0 saturated carbocycles. The summed E-state index contributed by atoms with van der Waals surface area (Å²) in [7, 11) is 0. The van der Waals surface area contributed by atoms with Gasteiger partial charge in [0.15, 0.2) is 0 Å². The standard InChI is InChI=1S/C26H31N3/c1-25(2,3)20-7-11-22(12-8-20)28-24(19-15-17-27-18-16-19)29-23-13-9-21(10-14-23)26(4,5)6/h7-18H,1-6H3,(H,28,29). The van der Waals surface area contributed by atoms with Gasteiger partial charge in [-0.3, -0.25) is 4.98 Å². The van der Waals surface area contributed by atoms with Gasteiger partial charge in [-0.05, 0) is 58.4 Å². The molecule has 1 heterocycles. The number of aliphatic imine (C=N–C) groups is 1. The summed E-state index contributed by atoms with van der Waals surface area (Å²) in [6, 6.07) is 21.0. The highest BCUT2D eigenvalue weighted by molar-refractivity contribution is 6.09. The van der Waals surface area contributed by atoms with E-state index in [0.29, 0.717) is 0 Å². The van der Waals surface area contributed by atoms with E-state index < -0.39 is 0 Å². The van der Waals surface area contributed by atoms with E-state index in [9.17, 15) is 0 Å². The molecule has 0 unspecified atom stereocenters. The molecule has 150 valence electrons. The monoisotopic (exact) mass is 385 g/mol. The minimum Gasteiger partial charge on any atom is -0.340 e. The summed E-state index contributed by atoms with van der Waals surface area (Å²) >= 11 is 0. The van der Waals surface area contributed by atoms with Crippen LogP contribution in [0.25, 0.3) is 0 Å². The van der Waals surface area contributed by atoms with Crippen molar-refractivity contribution in [3.63, 3.8) is 0 Å². The number of hydrogen-bond donors (Lipinski definition) is 1. The Kier molecular flexibility index (Phi) is 5.88. The summed E-state index contributed by atoms with van der Waals surface area (Å²) in [6.45, 7) is 13.3. The van der Waals surface area contributed by atoms with Crippen LogP contribution in [0.1, 0.15) is 58.2 Å². The molecule has 3 heteroatoms. The first-order valence-electron chi connectivity index (χ1n) is 10.1. The zero-order valence-corrected chi connectivity index (χ0v) is 18.3. The molecule has 0 fully saturated rings. The minimum absolute atomic E-state index is 0.128. The fraction of sp³-hybridized carbons (Fsp3) is 0.308. The van der Waals surface area contributed by atoms with Gasteiger partial charge in [-0.25, -0.2) is 4.99 Å². The SMILES string of the molecule is CC(C)(C)c1ccc(N=C(Nc2ccc(C(C)(C)C)cc2)c2ccncc2)cc1. The van der Waals surface area contributed by atoms with E-state index in [4.69, 9.17) is 4.99 Å². The van der Waals surface area contributed by atoms with Crippen molar-refractivity contribution < 1.29 is 0 Å². The van der Waals surface area contributed by atoms with Crippen LogP contribution in [0.15, 0.2) is 78.0 Å². The highest BCUT2D eigenvalue weighted by Crippen LogP contribution is 2.26. The maximum Gasteiger partial charge on any atom is 0.138 e. The Balaban J connectivity index is 1.92. The Bertz CT molecular complexity index is 956. The predicted octanol–water partition coefficient (Wildman–Crippen LogP) is 6.87. The first-order chi connectivity index (χ1) is 13.6. The molecule has 0 amide bonds. The Morgan fingerprint density at radius 3 is 1.66 bits per heavy atom. The van der Waals surface area contributed by atoms with E-state index in [0.717, 1.165) is 22.8 Å². The van der Waals surface area contributed by atoms with Crippen LogP contribution < -0.4 is 5.32 Å². The Morgan fingerprint density at radius 1 is 0.690 bits per heavy atom. The normalized spacial score (nSPS) is 12.7. The number of nitrogens with one attached hydrogen (secondary N) is 1. The van der Waals surface area contributed by atoms with Gasteiger partial charge in [-0.2, -0.15) is 0 Å². The zero-order chi connectivity index (χ0) is 21.1. The highest BCUT2D eigenvalue weighted by atomic mass is 15.0. The fourth-order valence-electron chi connectivity index (χ4n) is 3.03. The Hall–Kier alpha value is -2.94. The lowest BCUT2D eigenvalue weighted by Gasteiger charge is -2.20. The van der Waals surface area contributed by atoms with Crippen LogP contribution >= 0.6 is 0 Å². The predicted molar refractivity (Wildman–Crippen MR) is 124 cm³/mol. The molecule has 0 saturated heterocycles. The second-order valence-electron chi connectivity index (χ2n) is 9.45. The van der Waals surface area contributed by atoms with Crippen molar-refractivity contribution in [2.24, 2.45) is 4.99 Å². The summed E-state index contributed by atoms with van der Waals surface area (Å²) in [5.41, 5.74) is 5.80. The lowest BCUT2D eigenvalue weighted by Crippen LogP contribution is -2.15. The third-order valence-electron chi connectivity index (χ3n) is 4.94. The van der Waals surface area contributed by atoms with E-state index >= 15 is 0 Å². The van der Waals surface area contributed by atoms with Crippen molar-refractivity contribution in [2.75, 3.05) is 5.32 Å². The van der Waals surface area contributed by atoms with E-state index in [1.165, 1.54) is 11.1 Å². The van der Waals surface area contributed by atoms with Crippen LogP contribution in [-0.2, 0) is 10.8 Å². The van der Waals surface area contributed by atoms with Crippen LogP contribution in [0.5, 0.6) is 0 Å². The second kappa shape index (κ2) is 8.20. The van der Waals surface area contributed by atoms with Gasteiger partial charge < -0.3 is 5.32 Å². The molecular weight excluding hydrogens is 354 g/mol. The molecule has 3 rings (SSSR count). The van der Waals surface area contributed by atoms with Gasteiger partial charge in [0.2, 0.25) is 0 Å². The summed E-state index contributed by atoms with van der Waals surface area (Å²) in [5.74, 6) is 0.805. The molecule has 3 aromatic rings. The van der Waals surface area contributed by atoms with Gasteiger partial charge in [0.1, 0.15) is 5.84 Å². The minimum atomic E-state index is 0.128. The second-order valence-corrected chi connectivity index (χ2v) is 9.45. The maximum atomic E-state index is 4.90. The van der Waals surface area contributed by atoms with Crippen molar-refractivity contribution in [3.8, 4) is 0 Å². The van der Waals surface area contributed by atoms with Crippen LogP contribution in [-0.4, -0.2) is 10.8 Å². The van der Waals surface area contributed by atoms with Gasteiger partial charge in [-0.15, -0.1) is 0 Å². The largest absolute Gasteiger partial charge is 0.340 e. The van der Waals surface area contributed by atoms with Crippen LogP contribution in [0.4, 0.5) is 11.4 Å². The van der Waals surface area contributed by atoms with Crippen molar-refractivity contribution in [1.82, 2.24) is 4.98 Å². The number of aromatic nitrogens is 1. The van der Waals surface area contributed by atoms with Crippen LogP contribution in [0.2, 0.25) is 0 Å². The molecule has 3 nitrogen and oxygen atoms in total. The van der Waals surface area contributed by atoms with E-state index in [1.807, 2.05) is 12.1 Å². The number of benzene rings is 2. The molecule has 1 aromatic heterocycles. The topological polar surface area (TPSA) is 37.3 Å². The number of rotatable bonds is 3. The molecular formula is C26H31N3. The number of anilines is 1. The van der Waals surface area contributed by atoms with E-state index in [2.05, 4.69) is 100 Å². The summed E-state index contributed by atoms with van der Waals surface area (Å²) < 4.78 is 0. The molecule has 1 N–H and O–H groups in total. The molecule has 2 aromatic carbocycles. The van der Waals surface area contributed by atoms with Gasteiger partial charge in [0.05, 0.1) is 5.69 Å². The smallest absolute Gasteiger partial charge is 0.138 e. The summed E-state index contributed by atoms with van der Waals surface area (Å²) in [6.07, 6.45) is 3.58. The molecule has 0 radical (unpaired) electrons. The van der Waals surface area contributed by atoms with Crippen LogP contribution in [0, 0.1) is 0 Å². The number of nitrogens with zero attached hydrogens (tertiary/aromatic N) is 2. The van der Waals surface area contributed by atoms with Gasteiger partial charge >= 0.3 is 0 Å².